The minimum Gasteiger partial charge on any atom is -0.403 e. The van der Waals surface area contributed by atoms with E-state index in [0.717, 1.165) is 0 Å². The minimum atomic E-state index is -2.08. The third-order valence-corrected chi connectivity index (χ3v) is 8.44. The first-order valence-corrected chi connectivity index (χ1v) is 9.41. The van der Waals surface area contributed by atoms with Gasteiger partial charge in [0.2, 0.25) is 0 Å². The summed E-state index contributed by atoms with van der Waals surface area (Å²) in [5.74, 6) is 0. The van der Waals surface area contributed by atoms with E-state index in [1.54, 1.807) is 25.3 Å². The lowest BCUT2D eigenvalue weighted by Crippen LogP contribution is -2.48. The molecule has 0 aliphatic rings. The highest BCUT2D eigenvalue weighted by Gasteiger charge is 2.44. The van der Waals surface area contributed by atoms with Crippen LogP contribution < -0.4 is 5.73 Å². The van der Waals surface area contributed by atoms with Crippen LogP contribution in [0.15, 0.2) is 18.3 Å². The van der Waals surface area contributed by atoms with Crippen LogP contribution in [0.1, 0.15) is 33.4 Å². The molecule has 0 fully saturated rings. The quantitative estimate of drug-likeness (QED) is 0.854. The fourth-order valence-electron chi connectivity index (χ4n) is 1.60. The van der Waals surface area contributed by atoms with Crippen molar-refractivity contribution in [3.05, 3.63) is 24.0 Å². The van der Waals surface area contributed by atoms with Crippen molar-refractivity contribution in [1.82, 2.24) is 4.98 Å². The van der Waals surface area contributed by atoms with Crippen LogP contribution in [0.25, 0.3) is 0 Å². The first-order valence-electron chi connectivity index (χ1n) is 6.50. The Morgan fingerprint density at radius 1 is 1.32 bits per heavy atom. The highest BCUT2D eigenvalue weighted by atomic mass is 28.4. The van der Waals surface area contributed by atoms with Gasteiger partial charge >= 0.3 is 0 Å². The number of alkyl halides is 1. The molecule has 1 aromatic heterocycles. The third-order valence-electron chi connectivity index (χ3n) is 3.87. The normalized spacial score (nSPS) is 16.2. The summed E-state index contributed by atoms with van der Waals surface area (Å²) >= 11 is 0. The molecule has 1 heterocycles. The van der Waals surface area contributed by atoms with Gasteiger partial charge in [0.1, 0.15) is 12.3 Å². The number of nitrogens with two attached hydrogens (primary N) is 1. The Morgan fingerprint density at radius 3 is 2.32 bits per heavy atom. The number of rotatable bonds is 4. The van der Waals surface area contributed by atoms with E-state index in [4.69, 9.17) is 10.2 Å². The molecule has 3 nitrogen and oxygen atoms in total. The van der Waals surface area contributed by atoms with Crippen molar-refractivity contribution >= 4 is 14.0 Å². The molecule has 1 aromatic rings. The molecule has 0 aromatic carbocycles. The van der Waals surface area contributed by atoms with Crippen LogP contribution in [0.5, 0.6) is 0 Å². The lowest BCUT2D eigenvalue weighted by molar-refractivity contribution is 0.0382. The van der Waals surface area contributed by atoms with E-state index < -0.39 is 20.6 Å². The summed E-state index contributed by atoms with van der Waals surface area (Å²) in [7, 11) is -2.08. The van der Waals surface area contributed by atoms with Gasteiger partial charge in [-0.3, -0.25) is 4.98 Å². The number of nitrogens with zero attached hydrogens (tertiary/aromatic N) is 1. The van der Waals surface area contributed by atoms with E-state index in [2.05, 4.69) is 38.8 Å². The molecule has 0 radical (unpaired) electrons. The first-order chi connectivity index (χ1) is 8.52. The van der Waals surface area contributed by atoms with Crippen molar-refractivity contribution in [1.29, 1.82) is 0 Å². The molecule has 0 saturated heterocycles. The Labute approximate surface area is 116 Å². The average molecular weight is 284 g/mol. The summed E-state index contributed by atoms with van der Waals surface area (Å²) in [6.07, 6.45) is 1.59. The summed E-state index contributed by atoms with van der Waals surface area (Å²) in [5.41, 5.74) is 5.85. The predicted molar refractivity (Wildman–Crippen MR) is 80.3 cm³/mol. The molecular formula is C14H25FN2OSi. The smallest absolute Gasteiger partial charge is 0.193 e. The topological polar surface area (TPSA) is 48.1 Å². The molecule has 108 valence electrons. The maximum atomic E-state index is 13.6. The molecule has 5 heteroatoms. The highest BCUT2D eigenvalue weighted by Crippen LogP contribution is 2.41. The summed E-state index contributed by atoms with van der Waals surface area (Å²) in [6, 6.07) is 3.38. The molecule has 2 N–H and O–H groups in total. The Balaban J connectivity index is 3.12. The number of hydrogen-bond donors (Lipinski definition) is 1. The molecular weight excluding hydrogens is 259 g/mol. The van der Waals surface area contributed by atoms with Crippen molar-refractivity contribution in [3.8, 4) is 0 Å². The van der Waals surface area contributed by atoms with Gasteiger partial charge in [-0.2, -0.15) is 0 Å². The second-order valence-corrected chi connectivity index (χ2v) is 11.4. The molecule has 19 heavy (non-hydrogen) atoms. The standard InChI is InChI=1S/C14H25FN2OSi/c1-13(2,3)19(5,6)18-14(4,10-15)12-9-11(16)7-8-17-12/h7-9H,10H2,1-6H3,(H2,16,17). The molecule has 0 bridgehead atoms. The van der Waals surface area contributed by atoms with Gasteiger partial charge in [0, 0.05) is 11.9 Å². The van der Waals surface area contributed by atoms with Crippen LogP contribution in [0.3, 0.4) is 0 Å². The number of halogens is 1. The zero-order valence-corrected chi connectivity index (χ0v) is 13.7. The molecule has 1 rings (SSSR count). The SMILES string of the molecule is CC(CF)(O[Si](C)(C)C(C)(C)C)c1cc(N)ccn1. The molecule has 0 aliphatic heterocycles. The van der Waals surface area contributed by atoms with Crippen LogP contribution in [-0.4, -0.2) is 20.0 Å². The zero-order chi connectivity index (χ0) is 14.9. The Kier molecular flexibility index (Phi) is 4.42. The first kappa shape index (κ1) is 16.1. The zero-order valence-electron chi connectivity index (χ0n) is 12.7. The van der Waals surface area contributed by atoms with Crippen molar-refractivity contribution in [3.63, 3.8) is 0 Å². The van der Waals surface area contributed by atoms with Crippen LogP contribution in [0.2, 0.25) is 18.1 Å². The Hall–Kier alpha value is -0.943. The Bertz CT molecular complexity index is 445. The average Bonchev–Trinajstić information content (AvgIpc) is 2.26. The van der Waals surface area contributed by atoms with Gasteiger partial charge in [-0.15, -0.1) is 0 Å². The van der Waals surface area contributed by atoms with Gasteiger partial charge in [0.25, 0.3) is 0 Å². The van der Waals surface area contributed by atoms with Crippen LogP contribution in [0.4, 0.5) is 10.1 Å². The monoisotopic (exact) mass is 284 g/mol. The van der Waals surface area contributed by atoms with Crippen LogP contribution in [0, 0.1) is 0 Å². The molecule has 0 amide bonds. The predicted octanol–water partition coefficient (Wildman–Crippen LogP) is 3.87. The van der Waals surface area contributed by atoms with Gasteiger partial charge in [-0.25, -0.2) is 4.39 Å². The molecule has 0 saturated carbocycles. The molecule has 0 aliphatic carbocycles. The summed E-state index contributed by atoms with van der Waals surface area (Å²) < 4.78 is 19.8. The maximum absolute atomic E-state index is 13.6. The van der Waals surface area contributed by atoms with E-state index in [-0.39, 0.29) is 5.04 Å². The highest BCUT2D eigenvalue weighted by molar-refractivity contribution is 6.74. The van der Waals surface area contributed by atoms with Crippen molar-refractivity contribution in [2.45, 2.75) is 51.4 Å². The van der Waals surface area contributed by atoms with Crippen LogP contribution >= 0.6 is 0 Å². The number of pyridine rings is 1. The van der Waals surface area contributed by atoms with Crippen molar-refractivity contribution in [2.24, 2.45) is 0 Å². The molecule has 0 spiro atoms. The summed E-state index contributed by atoms with van der Waals surface area (Å²) in [4.78, 5) is 4.23. The van der Waals surface area contributed by atoms with Gasteiger partial charge in [0.05, 0.1) is 5.69 Å². The number of aromatic nitrogens is 1. The van der Waals surface area contributed by atoms with E-state index in [1.807, 2.05) is 0 Å². The summed E-state index contributed by atoms with van der Waals surface area (Å²) in [6.45, 7) is 11.7. The summed E-state index contributed by atoms with van der Waals surface area (Å²) in [5, 5.41) is 0.0176. The Morgan fingerprint density at radius 2 is 1.89 bits per heavy atom. The van der Waals surface area contributed by atoms with E-state index in [9.17, 15) is 4.39 Å². The lowest BCUT2D eigenvalue weighted by atomic mass is 10.0. The fraction of sp³-hybridized carbons (Fsp3) is 0.643. The molecule has 1 atom stereocenters. The third kappa shape index (κ3) is 3.54. The number of nitrogen functional groups attached to an aromatic ring is 1. The van der Waals surface area contributed by atoms with Gasteiger partial charge in [0.15, 0.2) is 8.32 Å². The maximum Gasteiger partial charge on any atom is 0.193 e. The van der Waals surface area contributed by atoms with Gasteiger partial charge in [-0.05, 0) is 37.2 Å². The van der Waals surface area contributed by atoms with Crippen LogP contribution in [-0.2, 0) is 10.0 Å². The van der Waals surface area contributed by atoms with E-state index in [0.29, 0.717) is 11.4 Å². The van der Waals surface area contributed by atoms with Gasteiger partial charge in [-0.1, -0.05) is 20.8 Å². The number of anilines is 1. The second-order valence-electron chi connectivity index (χ2n) is 6.70. The fourth-order valence-corrected chi connectivity index (χ4v) is 3.19. The van der Waals surface area contributed by atoms with E-state index >= 15 is 0 Å². The number of hydrogen-bond acceptors (Lipinski definition) is 3. The molecule has 1 unspecified atom stereocenters. The lowest BCUT2D eigenvalue weighted by Gasteiger charge is -2.42. The van der Waals surface area contributed by atoms with E-state index in [1.165, 1.54) is 0 Å². The minimum absolute atomic E-state index is 0.0176. The van der Waals surface area contributed by atoms with Crippen molar-refractivity contribution in [2.75, 3.05) is 12.4 Å². The van der Waals surface area contributed by atoms with Gasteiger partial charge < -0.3 is 10.2 Å². The second kappa shape index (κ2) is 5.21. The largest absolute Gasteiger partial charge is 0.403 e. The van der Waals surface area contributed by atoms with Crippen molar-refractivity contribution < 1.29 is 8.82 Å².